The summed E-state index contributed by atoms with van der Waals surface area (Å²) in [6, 6.07) is 8.36. The Bertz CT molecular complexity index is 313. The maximum Gasteiger partial charge on any atom is 0.0111 e. The minimum atomic E-state index is 1.31. The highest BCUT2D eigenvalue weighted by molar-refractivity contribution is 5.81. The van der Waals surface area contributed by atoms with E-state index in [1.165, 1.54) is 10.8 Å². The third-order valence-corrected chi connectivity index (χ3v) is 1.68. The van der Waals surface area contributed by atoms with Crippen LogP contribution in [-0.4, -0.2) is 4.57 Å². The summed E-state index contributed by atoms with van der Waals surface area (Å²) in [5.74, 6) is 0. The number of rotatable bonds is 0. The zero-order chi connectivity index (χ0) is 6.97. The molecule has 1 aromatic heterocycles. The summed E-state index contributed by atoms with van der Waals surface area (Å²) < 4.78 is 2.07. The van der Waals surface area contributed by atoms with Gasteiger partial charge >= 0.3 is 0 Å². The molecule has 0 radical (unpaired) electrons. The van der Waals surface area contributed by atoms with Gasteiger partial charge in [0.1, 0.15) is 0 Å². The highest BCUT2D eigenvalue weighted by atomic mass is 14.9. The minimum Gasteiger partial charge on any atom is -0.356 e. The van der Waals surface area contributed by atoms with Gasteiger partial charge in [0.15, 0.2) is 0 Å². The van der Waals surface area contributed by atoms with E-state index < -0.39 is 0 Å². The van der Waals surface area contributed by atoms with E-state index in [1.54, 1.807) is 0 Å². The van der Waals surface area contributed by atoms with E-state index >= 15 is 0 Å². The van der Waals surface area contributed by atoms with Crippen molar-refractivity contribution in [3.63, 3.8) is 0 Å². The number of hydrogen-bond acceptors (Lipinski definition) is 0. The molecule has 0 aliphatic carbocycles. The van der Waals surface area contributed by atoms with Crippen LogP contribution in [0, 0.1) is 0 Å². The zero-order valence-electron chi connectivity index (χ0n) is 5.91. The normalized spacial score (nSPS) is 10.5. The Morgan fingerprint density at radius 1 is 1.00 bits per heavy atom. The molecule has 0 aliphatic rings. The highest BCUT2D eigenvalue weighted by Crippen LogP contribution is 2.12. The van der Waals surface area contributed by atoms with Gasteiger partial charge in [0.25, 0.3) is 0 Å². The molecule has 1 nitrogen and oxygen atoms in total. The summed E-state index contributed by atoms with van der Waals surface area (Å²) >= 11 is 0. The van der Waals surface area contributed by atoms with Gasteiger partial charge in [0, 0.05) is 19.4 Å². The SMILES string of the molecule is Cn1cc2ccccc2c1. The van der Waals surface area contributed by atoms with E-state index in [4.69, 9.17) is 0 Å². The average molecular weight is 131 g/mol. The molecule has 0 atom stereocenters. The first-order valence-electron chi connectivity index (χ1n) is 3.37. The van der Waals surface area contributed by atoms with Crippen molar-refractivity contribution < 1.29 is 0 Å². The fourth-order valence-electron chi connectivity index (χ4n) is 1.22. The van der Waals surface area contributed by atoms with E-state index in [1.807, 2.05) is 7.05 Å². The molecule has 0 N–H and O–H groups in total. The largest absolute Gasteiger partial charge is 0.356 e. The Morgan fingerprint density at radius 3 is 2.00 bits per heavy atom. The first kappa shape index (κ1) is 5.54. The molecule has 0 fully saturated rings. The summed E-state index contributed by atoms with van der Waals surface area (Å²) in [4.78, 5) is 0. The molecular weight excluding hydrogens is 122 g/mol. The van der Waals surface area contributed by atoms with Crippen LogP contribution in [-0.2, 0) is 7.05 Å². The van der Waals surface area contributed by atoms with Crippen molar-refractivity contribution in [3.8, 4) is 0 Å². The van der Waals surface area contributed by atoms with Gasteiger partial charge in [-0.1, -0.05) is 24.3 Å². The third kappa shape index (κ3) is 0.711. The Balaban J connectivity index is 2.88. The predicted molar refractivity (Wildman–Crippen MR) is 42.9 cm³/mol. The van der Waals surface area contributed by atoms with Gasteiger partial charge < -0.3 is 4.57 Å². The fourth-order valence-corrected chi connectivity index (χ4v) is 1.22. The summed E-state index contributed by atoms with van der Waals surface area (Å²) in [6.07, 6.45) is 4.24. The summed E-state index contributed by atoms with van der Waals surface area (Å²) in [7, 11) is 2.04. The first-order valence-corrected chi connectivity index (χ1v) is 3.37. The van der Waals surface area contributed by atoms with Crippen molar-refractivity contribution in [2.24, 2.45) is 7.05 Å². The number of aromatic nitrogens is 1. The van der Waals surface area contributed by atoms with Crippen LogP contribution in [0.5, 0.6) is 0 Å². The molecule has 0 aliphatic heterocycles. The van der Waals surface area contributed by atoms with E-state index in [0.717, 1.165) is 0 Å². The van der Waals surface area contributed by atoms with Gasteiger partial charge in [-0.15, -0.1) is 0 Å². The molecule has 1 heterocycles. The quantitative estimate of drug-likeness (QED) is 0.516. The van der Waals surface area contributed by atoms with Crippen LogP contribution in [0.2, 0.25) is 0 Å². The summed E-state index contributed by atoms with van der Waals surface area (Å²) in [5.41, 5.74) is 0. The smallest absolute Gasteiger partial charge is 0.0111 e. The Labute approximate surface area is 59.9 Å². The lowest BCUT2D eigenvalue weighted by Crippen LogP contribution is -1.75. The predicted octanol–water partition coefficient (Wildman–Crippen LogP) is 2.18. The van der Waals surface area contributed by atoms with Crippen molar-refractivity contribution in [1.82, 2.24) is 4.57 Å². The fraction of sp³-hybridized carbons (Fsp3) is 0.111. The molecule has 2 rings (SSSR count). The van der Waals surface area contributed by atoms with Gasteiger partial charge in [0.05, 0.1) is 0 Å². The molecule has 0 saturated heterocycles. The molecule has 0 bridgehead atoms. The number of fused-ring (bicyclic) bond motifs is 1. The molecule has 0 saturated carbocycles. The molecule has 10 heavy (non-hydrogen) atoms. The standard InChI is InChI=1S/C9H9N/c1-10-6-8-4-2-3-5-9(8)7-10/h2-7H,1H3. The summed E-state index contributed by atoms with van der Waals surface area (Å²) in [6.45, 7) is 0. The van der Waals surface area contributed by atoms with Crippen molar-refractivity contribution in [2.45, 2.75) is 0 Å². The van der Waals surface area contributed by atoms with Gasteiger partial charge in [-0.25, -0.2) is 0 Å². The Morgan fingerprint density at radius 2 is 1.50 bits per heavy atom. The van der Waals surface area contributed by atoms with Gasteiger partial charge in [-0.3, -0.25) is 0 Å². The first-order chi connectivity index (χ1) is 4.86. The second-order valence-electron chi connectivity index (χ2n) is 2.55. The lowest BCUT2D eigenvalue weighted by Gasteiger charge is -1.81. The van der Waals surface area contributed by atoms with Gasteiger partial charge in [-0.05, 0) is 10.8 Å². The highest BCUT2D eigenvalue weighted by Gasteiger charge is 1.91. The van der Waals surface area contributed by atoms with Crippen LogP contribution < -0.4 is 0 Å². The molecule has 1 heteroatoms. The molecule has 0 unspecified atom stereocenters. The minimum absolute atomic E-state index is 1.31. The van der Waals surface area contributed by atoms with Crippen molar-refractivity contribution >= 4 is 10.8 Å². The lowest BCUT2D eigenvalue weighted by molar-refractivity contribution is 0.933. The number of benzene rings is 1. The van der Waals surface area contributed by atoms with E-state index in [9.17, 15) is 0 Å². The van der Waals surface area contributed by atoms with E-state index in [-0.39, 0.29) is 0 Å². The second kappa shape index (κ2) is 1.87. The maximum absolute atomic E-state index is 2.12. The number of nitrogens with zero attached hydrogens (tertiary/aromatic N) is 1. The van der Waals surface area contributed by atoms with Crippen LogP contribution in [0.4, 0.5) is 0 Å². The van der Waals surface area contributed by atoms with Gasteiger partial charge in [0.2, 0.25) is 0 Å². The Hall–Kier alpha value is -1.24. The summed E-state index contributed by atoms with van der Waals surface area (Å²) in [5, 5.41) is 2.62. The molecule has 0 amide bonds. The molecule has 1 aromatic carbocycles. The van der Waals surface area contributed by atoms with Crippen LogP contribution in [0.1, 0.15) is 0 Å². The topological polar surface area (TPSA) is 4.93 Å². The zero-order valence-corrected chi connectivity index (χ0v) is 5.91. The van der Waals surface area contributed by atoms with Crippen LogP contribution >= 0.6 is 0 Å². The average Bonchev–Trinajstić information content (AvgIpc) is 2.27. The maximum atomic E-state index is 2.12. The lowest BCUT2D eigenvalue weighted by atomic mass is 10.2. The second-order valence-corrected chi connectivity index (χ2v) is 2.55. The van der Waals surface area contributed by atoms with Crippen molar-refractivity contribution in [2.75, 3.05) is 0 Å². The van der Waals surface area contributed by atoms with E-state index in [2.05, 4.69) is 41.2 Å². The molecular formula is C9H9N. The number of hydrogen-bond donors (Lipinski definition) is 0. The van der Waals surface area contributed by atoms with Crippen molar-refractivity contribution in [1.29, 1.82) is 0 Å². The van der Waals surface area contributed by atoms with Gasteiger partial charge in [-0.2, -0.15) is 0 Å². The third-order valence-electron chi connectivity index (χ3n) is 1.68. The molecule has 2 aromatic rings. The number of aryl methyl sites for hydroxylation is 1. The molecule has 50 valence electrons. The van der Waals surface area contributed by atoms with Crippen LogP contribution in [0.3, 0.4) is 0 Å². The Kier molecular flexibility index (Phi) is 1.04. The van der Waals surface area contributed by atoms with Crippen LogP contribution in [0.15, 0.2) is 36.7 Å². The van der Waals surface area contributed by atoms with Crippen molar-refractivity contribution in [3.05, 3.63) is 36.7 Å². The van der Waals surface area contributed by atoms with E-state index in [0.29, 0.717) is 0 Å². The van der Waals surface area contributed by atoms with Crippen LogP contribution in [0.25, 0.3) is 10.8 Å². The monoisotopic (exact) mass is 131 g/mol. The molecule has 0 spiro atoms.